The summed E-state index contributed by atoms with van der Waals surface area (Å²) in [6.07, 6.45) is 3.03. The topological polar surface area (TPSA) is 127 Å². The van der Waals surface area contributed by atoms with Crippen LogP contribution >= 0.6 is 0 Å². The standard InChI is InChI=1S/C30H28FN5O5/c31-22-10-18(13-32)4-5-19(22)17-40-27-3-1-2-25(34-27)30-7-8-35(14-20(30)12-30)16-26-33-23-11-24(29(37)38)41-28(23)36(26)15-21-6-9-39-21/h1-5,10-11,20-21H,6-9,12,14-17H2,(H,37,38)/t20-,21-,30+/m0/s1. The van der Waals surface area contributed by atoms with Crippen LogP contribution in [0.2, 0.25) is 0 Å². The number of ether oxygens (including phenoxy) is 2. The van der Waals surface area contributed by atoms with E-state index in [0.717, 1.165) is 50.5 Å². The van der Waals surface area contributed by atoms with E-state index in [4.69, 9.17) is 29.1 Å². The molecular weight excluding hydrogens is 529 g/mol. The van der Waals surface area contributed by atoms with Crippen molar-refractivity contribution in [2.24, 2.45) is 5.92 Å². The van der Waals surface area contributed by atoms with Crippen LogP contribution < -0.4 is 4.74 Å². The monoisotopic (exact) mass is 557 g/mol. The largest absolute Gasteiger partial charge is 0.475 e. The molecule has 1 N–H and O–H groups in total. The Morgan fingerprint density at radius 2 is 2.15 bits per heavy atom. The first-order valence-electron chi connectivity index (χ1n) is 13.8. The number of benzene rings is 1. The van der Waals surface area contributed by atoms with Gasteiger partial charge < -0.3 is 19.0 Å². The third-order valence-electron chi connectivity index (χ3n) is 8.63. The van der Waals surface area contributed by atoms with Gasteiger partial charge in [0.15, 0.2) is 0 Å². The zero-order valence-corrected chi connectivity index (χ0v) is 22.3. The lowest BCUT2D eigenvalue weighted by atomic mass is 9.91. The second-order valence-electron chi connectivity index (χ2n) is 11.1. The van der Waals surface area contributed by atoms with Crippen LogP contribution in [0.3, 0.4) is 0 Å². The Morgan fingerprint density at radius 3 is 2.88 bits per heavy atom. The molecule has 0 amide bonds. The average molecular weight is 558 g/mol. The van der Waals surface area contributed by atoms with Gasteiger partial charge in [0.2, 0.25) is 17.4 Å². The fourth-order valence-corrected chi connectivity index (χ4v) is 6.14. The summed E-state index contributed by atoms with van der Waals surface area (Å²) in [5.74, 6) is 0.0694. The zero-order valence-electron chi connectivity index (χ0n) is 22.3. The van der Waals surface area contributed by atoms with E-state index in [-0.39, 0.29) is 29.4 Å². The molecule has 3 aliphatic rings. The normalized spacial score (nSPS) is 23.5. The summed E-state index contributed by atoms with van der Waals surface area (Å²) in [5, 5.41) is 18.3. The fourth-order valence-electron chi connectivity index (χ4n) is 6.14. The first kappa shape index (κ1) is 25.7. The molecule has 2 aliphatic heterocycles. The van der Waals surface area contributed by atoms with E-state index in [1.165, 1.54) is 12.1 Å². The Kier molecular flexibility index (Phi) is 6.25. The molecule has 10 nitrogen and oxygen atoms in total. The highest BCUT2D eigenvalue weighted by Crippen LogP contribution is 2.59. The van der Waals surface area contributed by atoms with Crippen LogP contribution in [-0.4, -0.2) is 56.3 Å². The summed E-state index contributed by atoms with van der Waals surface area (Å²) in [4.78, 5) is 23.3. The summed E-state index contributed by atoms with van der Waals surface area (Å²) in [5.41, 5.74) is 2.69. The van der Waals surface area contributed by atoms with Crippen LogP contribution in [0.1, 0.15) is 52.5 Å². The third-order valence-corrected chi connectivity index (χ3v) is 8.63. The van der Waals surface area contributed by atoms with Gasteiger partial charge in [-0.2, -0.15) is 5.26 Å². The van der Waals surface area contributed by atoms with Gasteiger partial charge in [0, 0.05) is 36.3 Å². The number of piperidine rings is 1. The number of carboxylic acid groups (broad SMARTS) is 1. The number of nitriles is 1. The number of hydrogen-bond donors (Lipinski definition) is 1. The lowest BCUT2D eigenvalue weighted by Crippen LogP contribution is -2.37. The second kappa shape index (κ2) is 9.98. The van der Waals surface area contributed by atoms with E-state index in [1.54, 1.807) is 18.2 Å². The number of rotatable bonds is 9. The van der Waals surface area contributed by atoms with E-state index >= 15 is 0 Å². The van der Waals surface area contributed by atoms with Crippen molar-refractivity contribution in [2.75, 3.05) is 19.7 Å². The molecule has 1 aromatic carbocycles. The number of pyridine rings is 1. The number of carbonyl (C=O) groups is 1. The quantitative estimate of drug-likeness (QED) is 0.321. The summed E-state index contributed by atoms with van der Waals surface area (Å²) in [6.45, 7) is 3.76. The van der Waals surface area contributed by atoms with Gasteiger partial charge in [0.1, 0.15) is 23.8 Å². The number of halogens is 1. The molecule has 41 heavy (non-hydrogen) atoms. The molecule has 3 aromatic heterocycles. The summed E-state index contributed by atoms with van der Waals surface area (Å²) >= 11 is 0. The molecular formula is C30H28FN5O5. The minimum Gasteiger partial charge on any atom is -0.475 e. The molecule has 0 unspecified atom stereocenters. The maximum Gasteiger partial charge on any atom is 0.371 e. The molecule has 3 atom stereocenters. The lowest BCUT2D eigenvalue weighted by molar-refractivity contribution is -0.0595. The number of imidazole rings is 1. The Bertz CT molecular complexity index is 1690. The SMILES string of the molecule is N#Cc1ccc(COc2cccc([C@@]34CCN(Cc5nc6cc(C(=O)O)oc6n5C[C@@H]5CCO5)C[C@@H]3C4)n2)c(F)c1. The van der Waals surface area contributed by atoms with Crippen LogP contribution in [0.25, 0.3) is 11.2 Å². The number of likely N-dealkylation sites (tertiary alicyclic amines) is 1. The highest BCUT2D eigenvalue weighted by molar-refractivity contribution is 5.89. The number of carboxylic acids is 1. The fraction of sp³-hybridized carbons (Fsp3) is 0.400. The molecule has 0 spiro atoms. The molecule has 7 rings (SSSR count). The van der Waals surface area contributed by atoms with Crippen molar-refractivity contribution in [3.05, 3.63) is 76.7 Å². The summed E-state index contributed by atoms with van der Waals surface area (Å²) in [6, 6.07) is 13.5. The minimum absolute atomic E-state index is 0.00868. The molecule has 0 radical (unpaired) electrons. The lowest BCUT2D eigenvalue weighted by Gasteiger charge is -2.32. The Labute approximate surface area is 234 Å². The summed E-state index contributed by atoms with van der Waals surface area (Å²) < 4.78 is 33.4. The highest BCUT2D eigenvalue weighted by atomic mass is 19.1. The first-order valence-corrected chi connectivity index (χ1v) is 13.8. The van der Waals surface area contributed by atoms with Gasteiger partial charge in [-0.3, -0.25) is 9.47 Å². The van der Waals surface area contributed by atoms with Crippen molar-refractivity contribution in [3.8, 4) is 11.9 Å². The number of aromatic carboxylic acids is 1. The maximum absolute atomic E-state index is 14.3. The van der Waals surface area contributed by atoms with Crippen molar-refractivity contribution in [1.29, 1.82) is 5.26 Å². The van der Waals surface area contributed by atoms with Gasteiger partial charge in [0.25, 0.3) is 0 Å². The molecule has 210 valence electrons. The molecule has 2 saturated heterocycles. The maximum atomic E-state index is 14.3. The van der Waals surface area contributed by atoms with Gasteiger partial charge in [-0.1, -0.05) is 12.1 Å². The average Bonchev–Trinajstić information content (AvgIpc) is 3.40. The number of furan rings is 1. The van der Waals surface area contributed by atoms with Crippen LogP contribution in [0.4, 0.5) is 4.39 Å². The molecule has 4 aromatic rings. The Hall–Kier alpha value is -4.27. The zero-order chi connectivity index (χ0) is 28.1. The Morgan fingerprint density at radius 1 is 1.27 bits per heavy atom. The first-order chi connectivity index (χ1) is 19.9. The molecule has 3 fully saturated rings. The van der Waals surface area contributed by atoms with Crippen molar-refractivity contribution in [2.45, 2.75) is 50.5 Å². The van der Waals surface area contributed by atoms with E-state index in [9.17, 15) is 14.3 Å². The molecule has 0 bridgehead atoms. The van der Waals surface area contributed by atoms with E-state index < -0.39 is 11.8 Å². The molecule has 1 aliphatic carbocycles. The van der Waals surface area contributed by atoms with Crippen molar-refractivity contribution >= 4 is 17.2 Å². The van der Waals surface area contributed by atoms with Crippen LogP contribution in [0.15, 0.2) is 46.9 Å². The van der Waals surface area contributed by atoms with E-state index in [2.05, 4.69) is 4.90 Å². The van der Waals surface area contributed by atoms with Gasteiger partial charge >= 0.3 is 5.97 Å². The van der Waals surface area contributed by atoms with Crippen LogP contribution in [0.5, 0.6) is 5.88 Å². The van der Waals surface area contributed by atoms with Crippen molar-refractivity contribution in [1.82, 2.24) is 19.4 Å². The highest BCUT2D eigenvalue weighted by Gasteiger charge is 2.58. The van der Waals surface area contributed by atoms with Crippen LogP contribution in [-0.2, 0) is 29.8 Å². The molecule has 5 heterocycles. The molecule has 1 saturated carbocycles. The van der Waals surface area contributed by atoms with Gasteiger partial charge in [-0.15, -0.1) is 0 Å². The van der Waals surface area contributed by atoms with Gasteiger partial charge in [-0.25, -0.2) is 19.2 Å². The summed E-state index contributed by atoms with van der Waals surface area (Å²) in [7, 11) is 0. The van der Waals surface area contributed by atoms with Gasteiger partial charge in [0.05, 0.1) is 36.5 Å². The van der Waals surface area contributed by atoms with Crippen molar-refractivity contribution < 1.29 is 28.2 Å². The second-order valence-corrected chi connectivity index (χ2v) is 11.1. The molecule has 11 heteroatoms. The van der Waals surface area contributed by atoms with Crippen LogP contribution in [0, 0.1) is 23.1 Å². The van der Waals surface area contributed by atoms with E-state index in [0.29, 0.717) is 41.7 Å². The van der Waals surface area contributed by atoms with E-state index in [1.807, 2.05) is 22.8 Å². The third kappa shape index (κ3) is 4.73. The number of hydrogen-bond acceptors (Lipinski definition) is 8. The predicted octanol–water partition coefficient (Wildman–Crippen LogP) is 4.26. The number of nitrogens with zero attached hydrogens (tertiary/aromatic N) is 5. The number of fused-ring (bicyclic) bond motifs is 2. The minimum atomic E-state index is -1.11. The van der Waals surface area contributed by atoms with Crippen molar-refractivity contribution in [3.63, 3.8) is 0 Å². The number of aromatic nitrogens is 3. The predicted molar refractivity (Wildman–Crippen MR) is 143 cm³/mol. The Balaban J connectivity index is 1.03. The smallest absolute Gasteiger partial charge is 0.371 e. The van der Waals surface area contributed by atoms with Gasteiger partial charge in [-0.05, 0) is 49.9 Å².